The van der Waals surface area contributed by atoms with Crippen LogP contribution in [0.2, 0.25) is 0 Å². The van der Waals surface area contributed by atoms with Gasteiger partial charge in [0.15, 0.2) is 0 Å². The summed E-state index contributed by atoms with van der Waals surface area (Å²) in [7, 11) is 1.08. The standard InChI is InChI=1S/C17H15N5O6/c1-10-4-3-5-15-19-11(9-20(10)15)8-18-16-13(17(23)28-2)6-12(21(24)25)7-14(16)22(26)27/h3-7,9,18H,8H2,1-2H3. The second-order valence-corrected chi connectivity index (χ2v) is 5.87. The molecule has 3 rings (SSSR count). The Morgan fingerprint density at radius 2 is 2.00 bits per heavy atom. The van der Waals surface area contributed by atoms with Crippen LogP contribution >= 0.6 is 0 Å². The molecular weight excluding hydrogens is 370 g/mol. The Bertz CT molecular complexity index is 1110. The van der Waals surface area contributed by atoms with Crippen LogP contribution < -0.4 is 5.32 Å². The molecule has 144 valence electrons. The van der Waals surface area contributed by atoms with Gasteiger partial charge < -0.3 is 14.5 Å². The van der Waals surface area contributed by atoms with Gasteiger partial charge in [-0.3, -0.25) is 20.2 Å². The fourth-order valence-electron chi connectivity index (χ4n) is 2.78. The van der Waals surface area contributed by atoms with Gasteiger partial charge in [0.2, 0.25) is 0 Å². The largest absolute Gasteiger partial charge is 0.465 e. The number of imidazole rings is 1. The molecule has 0 saturated heterocycles. The van der Waals surface area contributed by atoms with Gasteiger partial charge in [-0.15, -0.1) is 0 Å². The molecule has 3 aromatic rings. The number of ether oxygens (including phenoxy) is 1. The van der Waals surface area contributed by atoms with E-state index in [1.54, 1.807) is 6.20 Å². The number of non-ortho nitro benzene ring substituents is 1. The van der Waals surface area contributed by atoms with E-state index in [1.165, 1.54) is 0 Å². The Hall–Kier alpha value is -4.02. The van der Waals surface area contributed by atoms with Crippen molar-refractivity contribution in [3.8, 4) is 0 Å². The predicted molar refractivity (Wildman–Crippen MR) is 98.3 cm³/mol. The molecule has 1 aromatic carbocycles. The molecule has 0 radical (unpaired) electrons. The molecule has 0 unspecified atom stereocenters. The fraction of sp³-hybridized carbons (Fsp3) is 0.176. The summed E-state index contributed by atoms with van der Waals surface area (Å²) in [5, 5.41) is 25.3. The topological polar surface area (TPSA) is 142 Å². The van der Waals surface area contributed by atoms with Crippen molar-refractivity contribution in [1.82, 2.24) is 9.38 Å². The molecule has 0 aliphatic rings. The number of hydrogen-bond donors (Lipinski definition) is 1. The number of nitro groups is 2. The number of hydrogen-bond acceptors (Lipinski definition) is 8. The second kappa shape index (κ2) is 7.31. The van der Waals surface area contributed by atoms with Crippen molar-refractivity contribution >= 4 is 28.7 Å². The maximum Gasteiger partial charge on any atom is 0.340 e. The molecule has 0 spiro atoms. The first-order valence-corrected chi connectivity index (χ1v) is 8.04. The van der Waals surface area contributed by atoms with E-state index in [4.69, 9.17) is 0 Å². The summed E-state index contributed by atoms with van der Waals surface area (Å²) in [6, 6.07) is 7.30. The molecule has 11 heteroatoms. The molecule has 11 nitrogen and oxygen atoms in total. The molecule has 2 aromatic heterocycles. The maximum absolute atomic E-state index is 12.1. The van der Waals surface area contributed by atoms with Crippen molar-refractivity contribution in [2.75, 3.05) is 12.4 Å². The highest BCUT2D eigenvalue weighted by Crippen LogP contribution is 2.34. The number of carbonyl (C=O) groups is 1. The van der Waals surface area contributed by atoms with Gasteiger partial charge in [0.1, 0.15) is 11.3 Å². The maximum atomic E-state index is 12.1. The van der Waals surface area contributed by atoms with Gasteiger partial charge >= 0.3 is 5.97 Å². The van der Waals surface area contributed by atoms with Crippen LogP contribution in [-0.2, 0) is 11.3 Å². The highest BCUT2D eigenvalue weighted by atomic mass is 16.6. The average Bonchev–Trinajstić information content (AvgIpc) is 3.09. The number of aryl methyl sites for hydroxylation is 1. The third kappa shape index (κ3) is 3.45. The number of pyridine rings is 1. The van der Waals surface area contributed by atoms with Crippen molar-refractivity contribution < 1.29 is 19.4 Å². The predicted octanol–water partition coefficient (Wildman–Crippen LogP) is 2.86. The van der Waals surface area contributed by atoms with E-state index in [9.17, 15) is 25.0 Å². The number of anilines is 1. The molecule has 0 bridgehead atoms. The molecule has 0 saturated carbocycles. The molecule has 0 aliphatic carbocycles. The number of benzene rings is 1. The van der Waals surface area contributed by atoms with E-state index in [-0.39, 0.29) is 17.8 Å². The number of methoxy groups -OCH3 is 1. The monoisotopic (exact) mass is 385 g/mol. The summed E-state index contributed by atoms with van der Waals surface area (Å²) in [5.74, 6) is -0.930. The highest BCUT2D eigenvalue weighted by molar-refractivity contribution is 5.99. The van der Waals surface area contributed by atoms with Gasteiger partial charge in [-0.1, -0.05) is 6.07 Å². The Morgan fingerprint density at radius 1 is 1.25 bits per heavy atom. The van der Waals surface area contributed by atoms with Crippen molar-refractivity contribution in [3.63, 3.8) is 0 Å². The van der Waals surface area contributed by atoms with Crippen LogP contribution in [0.4, 0.5) is 17.1 Å². The second-order valence-electron chi connectivity index (χ2n) is 5.87. The SMILES string of the molecule is COC(=O)c1cc([N+](=O)[O-])cc([N+](=O)[O-])c1NCc1cn2c(C)cccc2n1. The van der Waals surface area contributed by atoms with Crippen LogP contribution in [-0.4, -0.2) is 32.3 Å². The summed E-state index contributed by atoms with van der Waals surface area (Å²) in [6.45, 7) is 1.96. The smallest absolute Gasteiger partial charge is 0.340 e. The number of fused-ring (bicyclic) bond motifs is 1. The first kappa shape index (κ1) is 18.8. The van der Waals surface area contributed by atoms with Crippen LogP contribution in [0.15, 0.2) is 36.5 Å². The molecule has 28 heavy (non-hydrogen) atoms. The van der Waals surface area contributed by atoms with Gasteiger partial charge in [-0.25, -0.2) is 9.78 Å². The Balaban J connectivity index is 2.03. The summed E-state index contributed by atoms with van der Waals surface area (Å²) in [5.41, 5.74) is 0.559. The quantitative estimate of drug-likeness (QED) is 0.388. The summed E-state index contributed by atoms with van der Waals surface area (Å²) >= 11 is 0. The number of aromatic nitrogens is 2. The minimum atomic E-state index is -0.930. The average molecular weight is 385 g/mol. The highest BCUT2D eigenvalue weighted by Gasteiger charge is 2.28. The van der Waals surface area contributed by atoms with Gasteiger partial charge in [-0.2, -0.15) is 0 Å². The van der Waals surface area contributed by atoms with Gasteiger partial charge in [0.05, 0.1) is 40.8 Å². The lowest BCUT2D eigenvalue weighted by Gasteiger charge is -2.10. The van der Waals surface area contributed by atoms with E-state index >= 15 is 0 Å². The lowest BCUT2D eigenvalue weighted by Crippen LogP contribution is -2.11. The third-order valence-electron chi connectivity index (χ3n) is 4.11. The van der Waals surface area contributed by atoms with Crippen LogP contribution in [0, 0.1) is 27.2 Å². The van der Waals surface area contributed by atoms with E-state index in [0.717, 1.165) is 24.9 Å². The van der Waals surface area contributed by atoms with Gasteiger partial charge in [-0.05, 0) is 19.1 Å². The fourth-order valence-corrected chi connectivity index (χ4v) is 2.78. The Kier molecular flexibility index (Phi) is 4.90. The zero-order chi connectivity index (χ0) is 20.4. The van der Waals surface area contributed by atoms with Crippen LogP contribution in [0.3, 0.4) is 0 Å². The summed E-state index contributed by atoms with van der Waals surface area (Å²) in [6.07, 6.45) is 1.76. The molecule has 0 atom stereocenters. The summed E-state index contributed by atoms with van der Waals surface area (Å²) in [4.78, 5) is 37.3. The van der Waals surface area contributed by atoms with Crippen LogP contribution in [0.1, 0.15) is 21.7 Å². The lowest BCUT2D eigenvalue weighted by molar-refractivity contribution is -0.393. The number of nitro benzene ring substituents is 2. The minimum absolute atomic E-state index is 0.0593. The Morgan fingerprint density at radius 3 is 2.61 bits per heavy atom. The number of nitrogens with one attached hydrogen (secondary N) is 1. The number of rotatable bonds is 6. The zero-order valence-electron chi connectivity index (χ0n) is 14.9. The molecule has 0 fully saturated rings. The minimum Gasteiger partial charge on any atom is -0.465 e. The zero-order valence-corrected chi connectivity index (χ0v) is 14.9. The normalized spacial score (nSPS) is 10.6. The molecular formula is C17H15N5O6. The van der Waals surface area contributed by atoms with E-state index in [0.29, 0.717) is 11.3 Å². The number of nitrogens with zero attached hydrogens (tertiary/aromatic N) is 4. The third-order valence-corrected chi connectivity index (χ3v) is 4.11. The van der Waals surface area contributed by atoms with Gasteiger partial charge in [0.25, 0.3) is 11.4 Å². The number of carbonyl (C=O) groups excluding carboxylic acids is 1. The van der Waals surface area contributed by atoms with Crippen LogP contribution in [0.25, 0.3) is 5.65 Å². The van der Waals surface area contributed by atoms with Crippen molar-refractivity contribution in [2.24, 2.45) is 0 Å². The first-order chi connectivity index (χ1) is 13.3. The van der Waals surface area contributed by atoms with Crippen molar-refractivity contribution in [1.29, 1.82) is 0 Å². The van der Waals surface area contributed by atoms with E-state index in [1.807, 2.05) is 29.5 Å². The first-order valence-electron chi connectivity index (χ1n) is 8.04. The lowest BCUT2D eigenvalue weighted by atomic mass is 10.1. The number of esters is 1. The van der Waals surface area contributed by atoms with Crippen LogP contribution in [0.5, 0.6) is 0 Å². The van der Waals surface area contributed by atoms with Gasteiger partial charge in [0, 0.05) is 18.0 Å². The van der Waals surface area contributed by atoms with Crippen molar-refractivity contribution in [2.45, 2.75) is 13.5 Å². The summed E-state index contributed by atoms with van der Waals surface area (Å²) < 4.78 is 6.47. The molecule has 0 amide bonds. The van der Waals surface area contributed by atoms with E-state index in [2.05, 4.69) is 15.0 Å². The molecule has 2 heterocycles. The van der Waals surface area contributed by atoms with E-state index < -0.39 is 27.2 Å². The molecule has 1 N–H and O–H groups in total. The van der Waals surface area contributed by atoms with Crippen molar-refractivity contribution in [3.05, 3.63) is 73.7 Å². The molecule has 0 aliphatic heterocycles. The Labute approximate surface area is 157 Å².